The Morgan fingerprint density at radius 1 is 0.966 bits per heavy atom. The second-order valence-corrected chi connectivity index (χ2v) is 8.87. The monoisotopic (exact) mass is 403 g/mol. The van der Waals surface area contributed by atoms with Crippen molar-refractivity contribution in [2.24, 2.45) is 0 Å². The minimum absolute atomic E-state index is 0.369. The normalized spacial score (nSPS) is 23.6. The maximum atomic E-state index is 10.4. The molecule has 7 nitrogen and oxygen atoms in total. The molecule has 0 unspecified atom stereocenters. The molecule has 1 aromatic rings. The van der Waals surface area contributed by atoms with Gasteiger partial charge in [-0.2, -0.15) is 0 Å². The minimum Gasteiger partial charge on any atom is -0.389 e. The lowest BCUT2D eigenvalue weighted by Crippen LogP contribution is -2.48. The number of ether oxygens (including phenoxy) is 1. The summed E-state index contributed by atoms with van der Waals surface area (Å²) in [6, 6.07) is 2.04. The number of aromatic nitrogens is 2. The molecule has 0 amide bonds. The van der Waals surface area contributed by atoms with Crippen molar-refractivity contribution in [2.45, 2.75) is 63.7 Å². The van der Waals surface area contributed by atoms with Crippen LogP contribution in [-0.4, -0.2) is 89.5 Å². The average Bonchev–Trinajstić information content (AvgIpc) is 3.30. The molecule has 3 aliphatic rings. The van der Waals surface area contributed by atoms with Gasteiger partial charge in [0, 0.05) is 58.6 Å². The van der Waals surface area contributed by atoms with Gasteiger partial charge in [-0.05, 0) is 31.7 Å². The van der Waals surface area contributed by atoms with Crippen molar-refractivity contribution in [3.05, 3.63) is 18.0 Å². The first-order valence-corrected chi connectivity index (χ1v) is 11.6. The van der Waals surface area contributed by atoms with Crippen molar-refractivity contribution in [1.29, 1.82) is 0 Å². The third kappa shape index (κ3) is 6.35. The van der Waals surface area contributed by atoms with Gasteiger partial charge in [-0.15, -0.1) is 0 Å². The Hall–Kier alpha value is -1.28. The summed E-state index contributed by atoms with van der Waals surface area (Å²) in [4.78, 5) is 16.4. The third-order valence-corrected chi connectivity index (χ3v) is 6.49. The van der Waals surface area contributed by atoms with Crippen LogP contribution in [0, 0.1) is 0 Å². The fourth-order valence-corrected chi connectivity index (χ4v) is 4.73. The van der Waals surface area contributed by atoms with Crippen LogP contribution in [0.5, 0.6) is 0 Å². The van der Waals surface area contributed by atoms with Crippen molar-refractivity contribution in [1.82, 2.24) is 19.8 Å². The van der Waals surface area contributed by atoms with E-state index in [2.05, 4.69) is 19.7 Å². The van der Waals surface area contributed by atoms with Crippen LogP contribution in [-0.2, 0) is 11.3 Å². The summed E-state index contributed by atoms with van der Waals surface area (Å²) in [5, 5.41) is 10.4. The number of anilines is 1. The quantitative estimate of drug-likeness (QED) is 0.711. The molecule has 1 N–H and O–H groups in total. The Bertz CT molecular complexity index is 611. The predicted octanol–water partition coefficient (Wildman–Crippen LogP) is 1.90. The second-order valence-electron chi connectivity index (χ2n) is 8.87. The second kappa shape index (κ2) is 10.7. The molecule has 2 aliphatic heterocycles. The number of hydrogen-bond donors (Lipinski definition) is 1. The molecule has 0 spiro atoms. The van der Waals surface area contributed by atoms with E-state index in [-0.39, 0.29) is 6.10 Å². The molecule has 2 saturated heterocycles. The lowest BCUT2D eigenvalue weighted by Gasteiger charge is -2.35. The van der Waals surface area contributed by atoms with E-state index < -0.39 is 0 Å². The van der Waals surface area contributed by atoms with E-state index in [1.54, 1.807) is 0 Å². The molecule has 1 aliphatic carbocycles. The van der Waals surface area contributed by atoms with Crippen LogP contribution in [0.2, 0.25) is 0 Å². The smallest absolute Gasteiger partial charge is 0.225 e. The number of hydrogen-bond acceptors (Lipinski definition) is 7. The van der Waals surface area contributed by atoms with Gasteiger partial charge in [0.15, 0.2) is 0 Å². The highest BCUT2D eigenvalue weighted by Gasteiger charge is 2.22. The van der Waals surface area contributed by atoms with Crippen molar-refractivity contribution in [2.75, 3.05) is 57.3 Å². The van der Waals surface area contributed by atoms with E-state index in [0.717, 1.165) is 70.3 Å². The van der Waals surface area contributed by atoms with Crippen LogP contribution in [0.4, 0.5) is 5.95 Å². The number of rotatable bonds is 8. The summed E-state index contributed by atoms with van der Waals surface area (Å²) in [6.45, 7) is 8.24. The van der Waals surface area contributed by atoms with Crippen LogP contribution < -0.4 is 4.90 Å². The lowest BCUT2D eigenvalue weighted by atomic mass is 9.98. The minimum atomic E-state index is -0.381. The van der Waals surface area contributed by atoms with Crippen molar-refractivity contribution < 1.29 is 9.84 Å². The van der Waals surface area contributed by atoms with Gasteiger partial charge >= 0.3 is 0 Å². The van der Waals surface area contributed by atoms with E-state index in [9.17, 15) is 5.11 Å². The Kier molecular flexibility index (Phi) is 7.71. The highest BCUT2D eigenvalue weighted by molar-refractivity contribution is 5.31. The SMILES string of the molecule is O[C@H](COC1CCCCC1)CN1CCN(Cc2ccnc(N3CCCC3)n2)CC1. The highest BCUT2D eigenvalue weighted by atomic mass is 16.5. The first kappa shape index (κ1) is 21.0. The molecule has 3 fully saturated rings. The maximum Gasteiger partial charge on any atom is 0.225 e. The molecule has 7 heteroatoms. The van der Waals surface area contributed by atoms with E-state index in [1.165, 1.54) is 32.1 Å². The Morgan fingerprint density at radius 2 is 1.69 bits per heavy atom. The van der Waals surface area contributed by atoms with Gasteiger partial charge in [-0.1, -0.05) is 19.3 Å². The Balaban J connectivity index is 1.16. The van der Waals surface area contributed by atoms with Crippen molar-refractivity contribution in [3.8, 4) is 0 Å². The lowest BCUT2D eigenvalue weighted by molar-refractivity contribution is -0.0371. The molecule has 162 valence electrons. The number of nitrogens with zero attached hydrogens (tertiary/aromatic N) is 5. The predicted molar refractivity (Wildman–Crippen MR) is 114 cm³/mol. The first-order valence-electron chi connectivity index (χ1n) is 11.6. The van der Waals surface area contributed by atoms with Gasteiger partial charge in [0.2, 0.25) is 5.95 Å². The number of aliphatic hydroxyl groups excluding tert-OH is 1. The maximum absolute atomic E-state index is 10.4. The molecular weight excluding hydrogens is 366 g/mol. The van der Waals surface area contributed by atoms with Crippen molar-refractivity contribution >= 4 is 5.95 Å². The first-order chi connectivity index (χ1) is 14.3. The van der Waals surface area contributed by atoms with E-state index in [1.807, 2.05) is 12.3 Å². The van der Waals surface area contributed by atoms with Crippen LogP contribution in [0.3, 0.4) is 0 Å². The number of β-amino-alcohol motifs (C(OH)–C–C–N with tert-alkyl or cyclic N) is 1. The summed E-state index contributed by atoms with van der Waals surface area (Å²) in [5.41, 5.74) is 1.11. The number of piperazine rings is 1. The fraction of sp³-hybridized carbons (Fsp3) is 0.818. The van der Waals surface area contributed by atoms with Gasteiger partial charge in [0.1, 0.15) is 0 Å². The van der Waals surface area contributed by atoms with E-state index in [0.29, 0.717) is 19.3 Å². The molecule has 1 atom stereocenters. The highest BCUT2D eigenvalue weighted by Crippen LogP contribution is 2.20. The molecule has 0 aromatic carbocycles. The molecule has 29 heavy (non-hydrogen) atoms. The van der Waals surface area contributed by atoms with E-state index >= 15 is 0 Å². The van der Waals surface area contributed by atoms with Crippen LogP contribution in [0.15, 0.2) is 12.3 Å². The summed E-state index contributed by atoms with van der Waals surface area (Å²) in [6.07, 6.45) is 10.6. The zero-order valence-electron chi connectivity index (χ0n) is 17.7. The summed E-state index contributed by atoms with van der Waals surface area (Å²) >= 11 is 0. The summed E-state index contributed by atoms with van der Waals surface area (Å²) in [7, 11) is 0. The van der Waals surface area contributed by atoms with Gasteiger partial charge in [0.05, 0.1) is 24.5 Å². The van der Waals surface area contributed by atoms with E-state index in [4.69, 9.17) is 9.72 Å². The third-order valence-electron chi connectivity index (χ3n) is 6.49. The Labute approximate surface area is 175 Å². The molecule has 1 saturated carbocycles. The van der Waals surface area contributed by atoms with Gasteiger partial charge < -0.3 is 14.7 Å². The molecule has 0 radical (unpaired) electrons. The van der Waals surface area contributed by atoms with Crippen LogP contribution in [0.25, 0.3) is 0 Å². The molecule has 1 aromatic heterocycles. The molecule has 4 rings (SSSR count). The topological polar surface area (TPSA) is 65.0 Å². The van der Waals surface area contributed by atoms with Crippen LogP contribution in [0.1, 0.15) is 50.6 Å². The molecule has 0 bridgehead atoms. The van der Waals surface area contributed by atoms with Crippen LogP contribution >= 0.6 is 0 Å². The fourth-order valence-electron chi connectivity index (χ4n) is 4.73. The zero-order valence-corrected chi connectivity index (χ0v) is 17.7. The largest absolute Gasteiger partial charge is 0.389 e. The zero-order chi connectivity index (χ0) is 19.9. The standard InChI is InChI=1S/C22H37N5O2/c28-20(18-29-21-6-2-1-3-7-21)17-26-14-12-25(13-15-26)16-19-8-9-23-22(24-19)27-10-4-5-11-27/h8-9,20-21,28H,1-7,10-18H2/t20-/m0/s1. The molecular formula is C22H37N5O2. The number of aliphatic hydroxyl groups is 1. The van der Waals surface area contributed by atoms with Gasteiger partial charge in [-0.3, -0.25) is 9.80 Å². The summed E-state index contributed by atoms with van der Waals surface area (Å²) < 4.78 is 5.93. The van der Waals surface area contributed by atoms with Gasteiger partial charge in [-0.25, -0.2) is 9.97 Å². The molecule has 3 heterocycles. The average molecular weight is 404 g/mol. The summed E-state index contributed by atoms with van der Waals surface area (Å²) in [5.74, 6) is 0.889. The van der Waals surface area contributed by atoms with Gasteiger partial charge in [0.25, 0.3) is 0 Å². The Morgan fingerprint density at radius 3 is 2.45 bits per heavy atom. The van der Waals surface area contributed by atoms with Crippen molar-refractivity contribution in [3.63, 3.8) is 0 Å².